The summed E-state index contributed by atoms with van der Waals surface area (Å²) < 4.78 is 29.0. The Labute approximate surface area is 151 Å². The number of aromatic nitrogens is 2. The number of carbonyl (C=O) groups is 2. The highest BCUT2D eigenvalue weighted by Crippen LogP contribution is 2.31. The molecule has 0 spiro atoms. The van der Waals surface area contributed by atoms with Crippen molar-refractivity contribution in [2.45, 2.75) is 19.3 Å². The van der Waals surface area contributed by atoms with Crippen LogP contribution in [0.25, 0.3) is 0 Å². The summed E-state index contributed by atoms with van der Waals surface area (Å²) in [4.78, 5) is 26.2. The van der Waals surface area contributed by atoms with Crippen molar-refractivity contribution in [3.05, 3.63) is 47.2 Å². The molecule has 26 heavy (non-hydrogen) atoms. The Balaban J connectivity index is 1.94. The molecule has 9 heteroatoms. The van der Waals surface area contributed by atoms with E-state index in [1.807, 2.05) is 0 Å². The summed E-state index contributed by atoms with van der Waals surface area (Å²) in [6.07, 6.45) is 0.983. The highest BCUT2D eigenvalue weighted by Gasteiger charge is 2.39. The highest BCUT2D eigenvalue weighted by molar-refractivity contribution is 7.85. The number of benzene rings is 1. The van der Waals surface area contributed by atoms with Crippen molar-refractivity contribution in [1.29, 1.82) is 0 Å². The molecule has 2 heterocycles. The number of nitrogens with zero attached hydrogens (tertiary/aromatic N) is 3. The van der Waals surface area contributed by atoms with Crippen LogP contribution in [0, 0.1) is 0 Å². The van der Waals surface area contributed by atoms with Gasteiger partial charge in [0.05, 0.1) is 24.0 Å². The lowest BCUT2D eigenvalue weighted by molar-refractivity contribution is 0.0925. The molecule has 0 fully saturated rings. The van der Waals surface area contributed by atoms with E-state index in [4.69, 9.17) is 4.18 Å². The fourth-order valence-corrected chi connectivity index (χ4v) is 3.43. The molecule has 0 unspecified atom stereocenters. The Morgan fingerprint density at radius 2 is 1.65 bits per heavy atom. The summed E-state index contributed by atoms with van der Waals surface area (Å²) in [7, 11) is -1.92. The quantitative estimate of drug-likeness (QED) is 0.578. The predicted octanol–water partition coefficient (Wildman–Crippen LogP) is 1.47. The van der Waals surface area contributed by atoms with E-state index in [9.17, 15) is 18.0 Å². The highest BCUT2D eigenvalue weighted by atomic mass is 32.2. The van der Waals surface area contributed by atoms with Crippen molar-refractivity contribution >= 4 is 27.8 Å². The fourth-order valence-electron chi connectivity index (χ4n) is 2.92. The molecule has 0 saturated heterocycles. The molecule has 0 atom stereocenters. The Bertz CT molecular complexity index is 972. The monoisotopic (exact) mass is 377 g/mol. The second kappa shape index (κ2) is 6.03. The van der Waals surface area contributed by atoms with Gasteiger partial charge in [0.2, 0.25) is 0 Å². The average molecular weight is 377 g/mol. The van der Waals surface area contributed by atoms with Crippen molar-refractivity contribution in [3.8, 4) is 0 Å². The van der Waals surface area contributed by atoms with Gasteiger partial charge in [0, 0.05) is 24.2 Å². The molecule has 2 aromatic rings. The van der Waals surface area contributed by atoms with Crippen LogP contribution in [0.3, 0.4) is 0 Å². The van der Waals surface area contributed by atoms with E-state index in [1.165, 1.54) is 4.68 Å². The smallest absolute Gasteiger partial charge is 0.267 e. The topological polar surface area (TPSA) is 98.6 Å². The minimum Gasteiger partial charge on any atom is -0.270 e. The average Bonchev–Trinajstić information content (AvgIpc) is 3.05. The van der Waals surface area contributed by atoms with Crippen molar-refractivity contribution in [2.24, 2.45) is 7.05 Å². The molecule has 1 aromatic heterocycles. The van der Waals surface area contributed by atoms with E-state index < -0.39 is 27.3 Å². The van der Waals surface area contributed by atoms with E-state index in [-0.39, 0.29) is 12.4 Å². The molecule has 8 nitrogen and oxygen atoms in total. The van der Waals surface area contributed by atoms with Gasteiger partial charge in [-0.05, 0) is 12.1 Å². The number of amides is 2. The first-order valence-electron chi connectivity index (χ1n) is 7.88. The number of aryl methyl sites for hydroxylation is 1. The summed E-state index contributed by atoms with van der Waals surface area (Å²) in [6.45, 7) is 3.50. The number of anilines is 1. The predicted molar refractivity (Wildman–Crippen MR) is 94.6 cm³/mol. The second-order valence-corrected chi connectivity index (χ2v) is 8.50. The number of hydrogen-bond acceptors (Lipinski definition) is 6. The molecule has 2 amide bonds. The maximum absolute atomic E-state index is 12.6. The van der Waals surface area contributed by atoms with Gasteiger partial charge in [0.1, 0.15) is 0 Å². The summed E-state index contributed by atoms with van der Waals surface area (Å²) >= 11 is 0. The van der Waals surface area contributed by atoms with Gasteiger partial charge >= 0.3 is 0 Å². The molecule has 0 N–H and O–H groups in total. The zero-order chi connectivity index (χ0) is 19.3. The zero-order valence-corrected chi connectivity index (χ0v) is 15.7. The van der Waals surface area contributed by atoms with Gasteiger partial charge in [-0.3, -0.25) is 18.5 Å². The first-order valence-corrected chi connectivity index (χ1v) is 9.70. The summed E-state index contributed by atoms with van der Waals surface area (Å²) in [5.41, 5.74) is 0.600. The lowest BCUT2D eigenvalue weighted by atomic mass is 9.90. The molecule has 1 aromatic carbocycles. The third-order valence-corrected chi connectivity index (χ3v) is 4.76. The normalized spacial score (nSPS) is 14.8. The maximum Gasteiger partial charge on any atom is 0.267 e. The summed E-state index contributed by atoms with van der Waals surface area (Å²) in [5.74, 6) is -0.665. The van der Waals surface area contributed by atoms with E-state index in [1.54, 1.807) is 51.2 Å². The van der Waals surface area contributed by atoms with Gasteiger partial charge in [-0.2, -0.15) is 13.5 Å². The lowest BCUT2D eigenvalue weighted by Crippen LogP contribution is -2.29. The number of fused-ring (bicyclic) bond motifs is 1. The van der Waals surface area contributed by atoms with Crippen LogP contribution in [0.5, 0.6) is 0 Å². The van der Waals surface area contributed by atoms with Gasteiger partial charge < -0.3 is 0 Å². The Hall–Kier alpha value is -2.52. The van der Waals surface area contributed by atoms with Gasteiger partial charge in [-0.1, -0.05) is 26.0 Å². The lowest BCUT2D eigenvalue weighted by Gasteiger charge is -2.23. The minimum absolute atomic E-state index is 0.0904. The van der Waals surface area contributed by atoms with E-state index >= 15 is 0 Å². The molecule has 138 valence electrons. The van der Waals surface area contributed by atoms with Crippen LogP contribution in [-0.4, -0.2) is 42.9 Å². The number of rotatable bonds is 5. The number of hydrogen-bond donors (Lipinski definition) is 0. The van der Waals surface area contributed by atoms with E-state index in [2.05, 4.69) is 5.10 Å². The SMILES string of the molecule is Cn1nc(N2C(=O)c3ccccc3C2=O)cc1C(C)(C)COS(C)(=O)=O. The third-order valence-electron chi connectivity index (χ3n) is 4.22. The van der Waals surface area contributed by atoms with Gasteiger partial charge in [0.25, 0.3) is 21.9 Å². The van der Waals surface area contributed by atoms with Crippen LogP contribution in [-0.2, 0) is 26.8 Å². The van der Waals surface area contributed by atoms with Crippen LogP contribution < -0.4 is 4.90 Å². The minimum atomic E-state index is -3.59. The number of imide groups is 1. The molecule has 0 saturated carbocycles. The molecule has 0 radical (unpaired) electrons. The first-order chi connectivity index (χ1) is 12.0. The summed E-state index contributed by atoms with van der Waals surface area (Å²) in [6, 6.07) is 8.20. The molecule has 1 aliphatic heterocycles. The molecule has 3 rings (SSSR count). The van der Waals surface area contributed by atoms with Crippen LogP contribution in [0.4, 0.5) is 5.82 Å². The van der Waals surface area contributed by atoms with Gasteiger partial charge in [-0.25, -0.2) is 4.90 Å². The van der Waals surface area contributed by atoms with Gasteiger partial charge in [0.15, 0.2) is 5.82 Å². The van der Waals surface area contributed by atoms with Crippen molar-refractivity contribution in [3.63, 3.8) is 0 Å². The third kappa shape index (κ3) is 3.15. The zero-order valence-electron chi connectivity index (χ0n) is 14.9. The number of carbonyl (C=O) groups excluding carboxylic acids is 2. The Morgan fingerprint density at radius 3 is 2.15 bits per heavy atom. The second-order valence-electron chi connectivity index (χ2n) is 6.85. The van der Waals surface area contributed by atoms with Crippen LogP contribution in [0.15, 0.2) is 30.3 Å². The van der Waals surface area contributed by atoms with Crippen LogP contribution >= 0.6 is 0 Å². The first kappa shape index (κ1) is 18.3. The molecule has 0 aliphatic carbocycles. The van der Waals surface area contributed by atoms with Crippen molar-refractivity contribution in [1.82, 2.24) is 9.78 Å². The molecular formula is C17H19N3O5S. The van der Waals surface area contributed by atoms with Crippen LogP contribution in [0.1, 0.15) is 40.3 Å². The Kier molecular flexibility index (Phi) is 4.24. The van der Waals surface area contributed by atoms with E-state index in [0.717, 1.165) is 11.2 Å². The van der Waals surface area contributed by atoms with Crippen molar-refractivity contribution in [2.75, 3.05) is 17.8 Å². The fraction of sp³-hybridized carbons (Fsp3) is 0.353. The Morgan fingerprint density at radius 1 is 1.12 bits per heavy atom. The standard InChI is InChI=1S/C17H19N3O5S/c1-17(2,10-25-26(4,23)24)13-9-14(18-19(13)3)20-15(21)11-7-5-6-8-12(11)16(20)22/h5-9H,10H2,1-4H3. The van der Waals surface area contributed by atoms with E-state index in [0.29, 0.717) is 16.8 Å². The molecule has 0 bridgehead atoms. The molecule has 1 aliphatic rings. The van der Waals surface area contributed by atoms with Gasteiger partial charge in [-0.15, -0.1) is 0 Å². The molecular weight excluding hydrogens is 358 g/mol. The summed E-state index contributed by atoms with van der Waals surface area (Å²) in [5, 5.41) is 4.28. The largest absolute Gasteiger partial charge is 0.270 e. The van der Waals surface area contributed by atoms with Crippen molar-refractivity contribution < 1.29 is 22.2 Å². The maximum atomic E-state index is 12.6. The van der Waals surface area contributed by atoms with Crippen LogP contribution in [0.2, 0.25) is 0 Å².